The maximum absolute atomic E-state index is 12.3. The normalized spacial score (nSPS) is 18.6. The van der Waals surface area contributed by atoms with E-state index in [0.717, 1.165) is 24.6 Å². The number of carbonyl (C=O) groups excluding carboxylic acids is 1. The molecule has 1 aromatic heterocycles. The number of hydrogen-bond acceptors (Lipinski definition) is 5. The minimum absolute atomic E-state index is 0.0723. The zero-order valence-corrected chi connectivity index (χ0v) is 13.7. The number of carbonyl (C=O) groups is 1. The van der Waals surface area contributed by atoms with Gasteiger partial charge in [0.25, 0.3) is 5.91 Å². The summed E-state index contributed by atoms with van der Waals surface area (Å²) in [5, 5.41) is 4.08. The minimum Gasteiger partial charge on any atom is -0.397 e. The van der Waals surface area contributed by atoms with Gasteiger partial charge in [0.15, 0.2) is 0 Å². The predicted octanol–water partition coefficient (Wildman–Crippen LogP) is 2.68. The molecule has 1 saturated carbocycles. The van der Waals surface area contributed by atoms with Gasteiger partial charge in [-0.1, -0.05) is 6.08 Å². The van der Waals surface area contributed by atoms with E-state index >= 15 is 0 Å². The lowest BCUT2D eigenvalue weighted by atomic mass is 10.1. The molecular weight excluding hydrogens is 302 g/mol. The molecule has 0 radical (unpaired) electrons. The molecule has 3 N–H and O–H groups in total. The largest absolute Gasteiger partial charge is 0.397 e. The van der Waals surface area contributed by atoms with Crippen molar-refractivity contribution in [2.24, 2.45) is 0 Å². The third-order valence-electron chi connectivity index (χ3n) is 3.86. The first-order valence-corrected chi connectivity index (χ1v) is 9.33. The van der Waals surface area contributed by atoms with E-state index in [9.17, 15) is 4.79 Å². The SMILES string of the molecule is C=CCNC(=O)c1sc(N2CCSCC2)c(C2CC2)c1N. The Kier molecular flexibility index (Phi) is 4.45. The Bertz CT molecular complexity index is 545. The number of nitrogens with one attached hydrogen (secondary N) is 1. The number of nitrogen functional groups attached to an aromatic ring is 1. The van der Waals surface area contributed by atoms with Crippen LogP contribution in [0, 0.1) is 0 Å². The van der Waals surface area contributed by atoms with E-state index in [4.69, 9.17) is 5.73 Å². The Morgan fingerprint density at radius 2 is 2.14 bits per heavy atom. The molecule has 0 unspecified atom stereocenters. The zero-order valence-electron chi connectivity index (χ0n) is 12.1. The van der Waals surface area contributed by atoms with Crippen LogP contribution < -0.4 is 16.0 Å². The van der Waals surface area contributed by atoms with Crippen molar-refractivity contribution in [1.29, 1.82) is 0 Å². The summed E-state index contributed by atoms with van der Waals surface area (Å²) in [5.74, 6) is 2.79. The fourth-order valence-corrected chi connectivity index (χ4v) is 4.81. The summed E-state index contributed by atoms with van der Waals surface area (Å²) >= 11 is 3.56. The molecule has 21 heavy (non-hydrogen) atoms. The molecule has 1 aromatic rings. The number of thiophene rings is 1. The van der Waals surface area contributed by atoms with Crippen LogP contribution in [0.15, 0.2) is 12.7 Å². The van der Waals surface area contributed by atoms with Gasteiger partial charge >= 0.3 is 0 Å². The lowest BCUT2D eigenvalue weighted by Crippen LogP contribution is -2.32. The van der Waals surface area contributed by atoms with Gasteiger partial charge in [-0.2, -0.15) is 11.8 Å². The summed E-state index contributed by atoms with van der Waals surface area (Å²) in [7, 11) is 0. The summed E-state index contributed by atoms with van der Waals surface area (Å²) in [6.07, 6.45) is 4.08. The number of nitrogens with two attached hydrogens (primary N) is 1. The smallest absolute Gasteiger partial charge is 0.263 e. The lowest BCUT2D eigenvalue weighted by Gasteiger charge is -2.28. The predicted molar refractivity (Wildman–Crippen MR) is 92.8 cm³/mol. The second kappa shape index (κ2) is 6.32. The molecule has 0 atom stereocenters. The van der Waals surface area contributed by atoms with Crippen LogP contribution in [-0.4, -0.2) is 37.0 Å². The van der Waals surface area contributed by atoms with Gasteiger partial charge in [0.1, 0.15) is 4.88 Å². The molecule has 114 valence electrons. The van der Waals surface area contributed by atoms with E-state index in [-0.39, 0.29) is 5.91 Å². The van der Waals surface area contributed by atoms with Crippen molar-refractivity contribution in [1.82, 2.24) is 5.32 Å². The van der Waals surface area contributed by atoms with E-state index in [0.29, 0.717) is 23.0 Å². The topological polar surface area (TPSA) is 58.4 Å². The van der Waals surface area contributed by atoms with E-state index in [1.165, 1.54) is 23.4 Å². The minimum atomic E-state index is -0.0723. The van der Waals surface area contributed by atoms with Crippen molar-refractivity contribution >= 4 is 39.7 Å². The molecule has 2 fully saturated rings. The highest BCUT2D eigenvalue weighted by molar-refractivity contribution is 7.99. The number of nitrogens with zero attached hydrogens (tertiary/aromatic N) is 1. The van der Waals surface area contributed by atoms with Crippen molar-refractivity contribution < 1.29 is 4.79 Å². The summed E-state index contributed by atoms with van der Waals surface area (Å²) in [4.78, 5) is 15.3. The van der Waals surface area contributed by atoms with E-state index in [1.807, 2.05) is 11.8 Å². The maximum Gasteiger partial charge on any atom is 0.263 e. The first-order valence-electron chi connectivity index (χ1n) is 7.36. The first-order chi connectivity index (χ1) is 10.2. The van der Waals surface area contributed by atoms with Gasteiger partial charge in [-0.3, -0.25) is 4.79 Å². The second-order valence-corrected chi connectivity index (χ2v) is 7.66. The van der Waals surface area contributed by atoms with Crippen LogP contribution in [-0.2, 0) is 0 Å². The van der Waals surface area contributed by atoms with E-state index < -0.39 is 0 Å². The molecule has 1 aliphatic carbocycles. The summed E-state index contributed by atoms with van der Waals surface area (Å²) in [6.45, 7) is 6.21. The zero-order chi connectivity index (χ0) is 14.8. The lowest BCUT2D eigenvalue weighted by molar-refractivity contribution is 0.0963. The monoisotopic (exact) mass is 323 g/mol. The Morgan fingerprint density at radius 1 is 1.43 bits per heavy atom. The van der Waals surface area contributed by atoms with Gasteiger partial charge < -0.3 is 16.0 Å². The molecule has 4 nitrogen and oxygen atoms in total. The van der Waals surface area contributed by atoms with E-state index in [2.05, 4.69) is 16.8 Å². The molecular formula is C15H21N3OS2. The number of hydrogen-bond donors (Lipinski definition) is 2. The van der Waals surface area contributed by atoms with Crippen LogP contribution >= 0.6 is 23.1 Å². The Morgan fingerprint density at radius 3 is 2.76 bits per heavy atom. The summed E-state index contributed by atoms with van der Waals surface area (Å²) < 4.78 is 0. The molecule has 2 aliphatic rings. The van der Waals surface area contributed by atoms with Gasteiger partial charge in [-0.05, 0) is 18.8 Å². The number of thioether (sulfide) groups is 1. The Labute approximate surface area is 133 Å². The van der Waals surface area contributed by atoms with Gasteiger partial charge in [0.2, 0.25) is 0 Å². The number of amides is 1. The third kappa shape index (κ3) is 3.06. The molecule has 1 saturated heterocycles. The average molecular weight is 323 g/mol. The molecule has 6 heteroatoms. The highest BCUT2D eigenvalue weighted by Gasteiger charge is 2.34. The van der Waals surface area contributed by atoms with Gasteiger partial charge in [-0.25, -0.2) is 0 Å². The number of rotatable bonds is 5. The summed E-state index contributed by atoms with van der Waals surface area (Å²) in [6, 6.07) is 0. The van der Waals surface area contributed by atoms with Crippen LogP contribution in [0.1, 0.15) is 34.0 Å². The summed E-state index contributed by atoms with van der Waals surface area (Å²) in [5.41, 5.74) is 8.25. The second-order valence-electron chi connectivity index (χ2n) is 5.44. The Hall–Kier alpha value is -1.14. The molecule has 0 aromatic carbocycles. The third-order valence-corrected chi connectivity index (χ3v) is 6.08. The van der Waals surface area contributed by atoms with Crippen molar-refractivity contribution in [3.8, 4) is 0 Å². The van der Waals surface area contributed by atoms with Crippen LogP contribution in [0.4, 0.5) is 10.7 Å². The van der Waals surface area contributed by atoms with Crippen LogP contribution in [0.5, 0.6) is 0 Å². The molecule has 1 amide bonds. The molecule has 1 aliphatic heterocycles. The number of anilines is 2. The van der Waals surface area contributed by atoms with Crippen LogP contribution in [0.2, 0.25) is 0 Å². The van der Waals surface area contributed by atoms with E-state index in [1.54, 1.807) is 17.4 Å². The standard InChI is InChI=1S/C15H21N3OS2/c1-2-5-17-14(19)13-12(16)11(10-3-4-10)15(21-13)18-6-8-20-9-7-18/h2,10H,1,3-9,16H2,(H,17,19). The molecule has 3 rings (SSSR count). The highest BCUT2D eigenvalue weighted by Crippen LogP contribution is 2.52. The van der Waals surface area contributed by atoms with Gasteiger partial charge in [-0.15, -0.1) is 17.9 Å². The first kappa shape index (κ1) is 14.8. The maximum atomic E-state index is 12.3. The fraction of sp³-hybridized carbons (Fsp3) is 0.533. The van der Waals surface area contributed by atoms with Crippen LogP contribution in [0.3, 0.4) is 0 Å². The molecule has 2 heterocycles. The highest BCUT2D eigenvalue weighted by atomic mass is 32.2. The van der Waals surface area contributed by atoms with Crippen molar-refractivity contribution in [2.45, 2.75) is 18.8 Å². The fourth-order valence-electron chi connectivity index (χ4n) is 2.63. The van der Waals surface area contributed by atoms with Crippen molar-refractivity contribution in [3.05, 3.63) is 23.1 Å². The molecule has 0 bridgehead atoms. The molecule has 0 spiro atoms. The van der Waals surface area contributed by atoms with Gasteiger partial charge in [0.05, 0.1) is 10.7 Å². The van der Waals surface area contributed by atoms with Crippen molar-refractivity contribution in [3.63, 3.8) is 0 Å². The van der Waals surface area contributed by atoms with Crippen LogP contribution in [0.25, 0.3) is 0 Å². The van der Waals surface area contributed by atoms with Gasteiger partial charge in [0, 0.05) is 36.7 Å². The quantitative estimate of drug-likeness (QED) is 0.818. The van der Waals surface area contributed by atoms with Crippen molar-refractivity contribution in [2.75, 3.05) is 41.8 Å². The average Bonchev–Trinajstić information content (AvgIpc) is 3.29. The Balaban J connectivity index is 1.91.